The summed E-state index contributed by atoms with van der Waals surface area (Å²) in [6, 6.07) is 7.04. The van der Waals surface area contributed by atoms with Crippen LogP contribution in [0.1, 0.15) is 49.9 Å². The lowest BCUT2D eigenvalue weighted by Gasteiger charge is -2.16. The van der Waals surface area contributed by atoms with Crippen LogP contribution in [-0.4, -0.2) is 24.9 Å². The van der Waals surface area contributed by atoms with Crippen molar-refractivity contribution < 1.29 is 9.59 Å². The number of rotatable bonds is 9. The molecular formula is C17H28ClN3O2. The van der Waals surface area contributed by atoms with Crippen LogP contribution in [0.3, 0.4) is 0 Å². The standard InChI is InChI=1S/C17H27N3O2.ClH/c1-3-5-8-13(4-2)16(21)20-15-10-7-6-9-14(15)17(22)19-12-11-18;/h6-7,9-10,13H,3-5,8,11-12,18H2,1-2H3,(H,19,22)(H,20,21);1H. The van der Waals surface area contributed by atoms with Gasteiger partial charge in [-0.1, -0.05) is 38.8 Å². The molecule has 5 nitrogen and oxygen atoms in total. The smallest absolute Gasteiger partial charge is 0.253 e. The molecule has 2 amide bonds. The molecule has 0 aliphatic heterocycles. The van der Waals surface area contributed by atoms with Gasteiger partial charge in [-0.2, -0.15) is 0 Å². The molecule has 1 rings (SSSR count). The Morgan fingerprint density at radius 3 is 2.52 bits per heavy atom. The van der Waals surface area contributed by atoms with Crippen molar-refractivity contribution in [2.24, 2.45) is 11.7 Å². The van der Waals surface area contributed by atoms with Gasteiger partial charge in [-0.15, -0.1) is 12.4 Å². The number of nitrogens with one attached hydrogen (secondary N) is 2. The van der Waals surface area contributed by atoms with Crippen LogP contribution in [0, 0.1) is 5.92 Å². The zero-order valence-corrected chi connectivity index (χ0v) is 14.7. The summed E-state index contributed by atoms with van der Waals surface area (Å²) in [4.78, 5) is 24.5. The van der Waals surface area contributed by atoms with Gasteiger partial charge in [0.05, 0.1) is 11.3 Å². The second kappa shape index (κ2) is 11.9. The molecule has 0 spiro atoms. The summed E-state index contributed by atoms with van der Waals surface area (Å²) in [7, 11) is 0. The Morgan fingerprint density at radius 1 is 1.22 bits per heavy atom. The molecule has 1 aromatic carbocycles. The summed E-state index contributed by atoms with van der Waals surface area (Å²) in [5, 5.41) is 5.62. The Balaban J connectivity index is 0.00000484. The Morgan fingerprint density at radius 2 is 1.91 bits per heavy atom. The molecule has 0 aromatic heterocycles. The van der Waals surface area contributed by atoms with Crippen molar-refractivity contribution in [2.75, 3.05) is 18.4 Å². The van der Waals surface area contributed by atoms with E-state index in [4.69, 9.17) is 5.73 Å². The first-order chi connectivity index (χ1) is 10.6. The van der Waals surface area contributed by atoms with Crippen LogP contribution in [0.2, 0.25) is 0 Å². The monoisotopic (exact) mass is 341 g/mol. The fourth-order valence-electron chi connectivity index (χ4n) is 2.28. The Hall–Kier alpha value is -1.59. The van der Waals surface area contributed by atoms with Gasteiger partial charge < -0.3 is 16.4 Å². The van der Waals surface area contributed by atoms with Crippen molar-refractivity contribution in [1.29, 1.82) is 0 Å². The van der Waals surface area contributed by atoms with E-state index in [1.807, 2.05) is 13.0 Å². The molecule has 0 fully saturated rings. The lowest BCUT2D eigenvalue weighted by Crippen LogP contribution is -2.30. The predicted octanol–water partition coefficient (Wildman–Crippen LogP) is 2.95. The maximum Gasteiger partial charge on any atom is 0.253 e. The van der Waals surface area contributed by atoms with E-state index in [-0.39, 0.29) is 30.1 Å². The highest BCUT2D eigenvalue weighted by molar-refractivity contribution is 6.04. The van der Waals surface area contributed by atoms with E-state index in [0.29, 0.717) is 24.3 Å². The third-order valence-electron chi connectivity index (χ3n) is 3.63. The third kappa shape index (κ3) is 7.01. The quantitative estimate of drug-likeness (QED) is 0.645. The van der Waals surface area contributed by atoms with Crippen LogP contribution in [0.15, 0.2) is 24.3 Å². The van der Waals surface area contributed by atoms with Gasteiger partial charge in [0.15, 0.2) is 0 Å². The highest BCUT2D eigenvalue weighted by Gasteiger charge is 2.18. The van der Waals surface area contributed by atoms with Gasteiger partial charge in [-0.05, 0) is 25.0 Å². The fraction of sp³-hybridized carbons (Fsp3) is 0.529. The van der Waals surface area contributed by atoms with E-state index in [2.05, 4.69) is 17.6 Å². The lowest BCUT2D eigenvalue weighted by molar-refractivity contribution is -0.120. The number of nitrogens with two attached hydrogens (primary N) is 1. The summed E-state index contributed by atoms with van der Waals surface area (Å²) >= 11 is 0. The van der Waals surface area contributed by atoms with E-state index in [1.54, 1.807) is 18.2 Å². The molecule has 0 saturated carbocycles. The minimum atomic E-state index is -0.219. The molecule has 23 heavy (non-hydrogen) atoms. The number of carbonyl (C=O) groups is 2. The summed E-state index contributed by atoms with van der Waals surface area (Å²) in [5.74, 6) is -0.252. The van der Waals surface area contributed by atoms with Gasteiger partial charge in [-0.25, -0.2) is 0 Å². The molecule has 4 N–H and O–H groups in total. The molecule has 0 saturated heterocycles. The minimum Gasteiger partial charge on any atom is -0.351 e. The van der Waals surface area contributed by atoms with Crippen molar-refractivity contribution in [3.63, 3.8) is 0 Å². The van der Waals surface area contributed by atoms with Crippen LogP contribution in [0.4, 0.5) is 5.69 Å². The zero-order chi connectivity index (χ0) is 16.4. The third-order valence-corrected chi connectivity index (χ3v) is 3.63. The average molecular weight is 342 g/mol. The number of hydrogen-bond donors (Lipinski definition) is 3. The number of carbonyl (C=O) groups excluding carboxylic acids is 2. The molecule has 130 valence electrons. The van der Waals surface area contributed by atoms with E-state index in [1.165, 1.54) is 0 Å². The molecule has 0 radical (unpaired) electrons. The Kier molecular flexibility index (Phi) is 11.1. The maximum atomic E-state index is 12.4. The first-order valence-corrected chi connectivity index (χ1v) is 8.02. The van der Waals surface area contributed by atoms with E-state index in [0.717, 1.165) is 25.7 Å². The van der Waals surface area contributed by atoms with E-state index >= 15 is 0 Å². The zero-order valence-electron chi connectivity index (χ0n) is 13.9. The molecule has 6 heteroatoms. The fourth-order valence-corrected chi connectivity index (χ4v) is 2.28. The van der Waals surface area contributed by atoms with Gasteiger partial charge in [0.2, 0.25) is 5.91 Å². The molecule has 1 aromatic rings. The van der Waals surface area contributed by atoms with Crippen LogP contribution < -0.4 is 16.4 Å². The van der Waals surface area contributed by atoms with Gasteiger partial charge in [-0.3, -0.25) is 9.59 Å². The van der Waals surface area contributed by atoms with Gasteiger partial charge in [0.25, 0.3) is 5.91 Å². The van der Waals surface area contributed by atoms with Crippen LogP contribution in [0.5, 0.6) is 0 Å². The predicted molar refractivity (Wildman–Crippen MR) is 97.0 cm³/mol. The first-order valence-electron chi connectivity index (χ1n) is 8.02. The maximum absolute atomic E-state index is 12.4. The van der Waals surface area contributed by atoms with Gasteiger partial charge in [0.1, 0.15) is 0 Å². The molecular weight excluding hydrogens is 314 g/mol. The Labute approximate surface area is 144 Å². The van der Waals surface area contributed by atoms with Crippen LogP contribution in [-0.2, 0) is 4.79 Å². The van der Waals surface area contributed by atoms with E-state index < -0.39 is 0 Å². The number of benzene rings is 1. The summed E-state index contributed by atoms with van der Waals surface area (Å²) in [6.45, 7) is 4.92. The summed E-state index contributed by atoms with van der Waals surface area (Å²) in [6.07, 6.45) is 3.78. The van der Waals surface area contributed by atoms with Crippen molar-refractivity contribution in [2.45, 2.75) is 39.5 Å². The number of para-hydroxylation sites is 1. The first kappa shape index (κ1) is 21.4. The lowest BCUT2D eigenvalue weighted by atomic mass is 9.98. The molecule has 0 heterocycles. The molecule has 0 bridgehead atoms. The molecule has 0 aliphatic rings. The SMILES string of the molecule is CCCCC(CC)C(=O)Nc1ccccc1C(=O)NCCN.Cl. The molecule has 1 unspecified atom stereocenters. The topological polar surface area (TPSA) is 84.2 Å². The van der Waals surface area contributed by atoms with Crippen molar-refractivity contribution in [1.82, 2.24) is 5.32 Å². The van der Waals surface area contributed by atoms with Crippen LogP contribution in [0.25, 0.3) is 0 Å². The van der Waals surface area contributed by atoms with Crippen molar-refractivity contribution in [3.8, 4) is 0 Å². The Bertz CT molecular complexity index is 494. The van der Waals surface area contributed by atoms with Crippen LogP contribution >= 0.6 is 12.4 Å². The average Bonchev–Trinajstić information content (AvgIpc) is 2.53. The number of amides is 2. The normalized spacial score (nSPS) is 11.3. The second-order valence-corrected chi connectivity index (χ2v) is 5.33. The largest absolute Gasteiger partial charge is 0.351 e. The van der Waals surface area contributed by atoms with Gasteiger partial charge in [0, 0.05) is 19.0 Å². The van der Waals surface area contributed by atoms with Crippen molar-refractivity contribution in [3.05, 3.63) is 29.8 Å². The minimum absolute atomic E-state index is 0. The van der Waals surface area contributed by atoms with E-state index in [9.17, 15) is 9.59 Å². The van der Waals surface area contributed by atoms with Crippen molar-refractivity contribution >= 4 is 29.9 Å². The number of anilines is 1. The van der Waals surface area contributed by atoms with Gasteiger partial charge >= 0.3 is 0 Å². The highest BCUT2D eigenvalue weighted by Crippen LogP contribution is 2.19. The number of unbranched alkanes of at least 4 members (excludes halogenated alkanes) is 1. The number of halogens is 1. The highest BCUT2D eigenvalue weighted by atomic mass is 35.5. The number of hydrogen-bond acceptors (Lipinski definition) is 3. The molecule has 1 atom stereocenters. The summed E-state index contributed by atoms with van der Waals surface area (Å²) in [5.41, 5.74) is 6.41. The summed E-state index contributed by atoms with van der Waals surface area (Å²) < 4.78 is 0. The molecule has 0 aliphatic carbocycles. The second-order valence-electron chi connectivity index (χ2n) is 5.33.